The number of benzene rings is 2. The summed E-state index contributed by atoms with van der Waals surface area (Å²) >= 11 is 11.5. The second-order valence-electron chi connectivity index (χ2n) is 4.68. The van der Waals surface area contributed by atoms with Crippen LogP contribution in [0, 0.1) is 10.1 Å². The van der Waals surface area contributed by atoms with E-state index in [-0.39, 0.29) is 27.0 Å². The van der Waals surface area contributed by atoms with E-state index in [0.717, 1.165) is 12.3 Å². The van der Waals surface area contributed by atoms with E-state index in [2.05, 4.69) is 10.5 Å². The summed E-state index contributed by atoms with van der Waals surface area (Å²) in [6.45, 7) is 0. The zero-order valence-electron chi connectivity index (χ0n) is 12.0. The molecule has 0 heterocycles. The van der Waals surface area contributed by atoms with Gasteiger partial charge in [0.1, 0.15) is 11.4 Å². The fraction of sp³-hybridized carbons (Fsp3) is 0.0714. The maximum absolute atomic E-state index is 12.6. The molecule has 0 aliphatic carbocycles. The number of phenols is 1. The minimum absolute atomic E-state index is 0.0329. The quantitative estimate of drug-likeness (QED) is 0.431. The van der Waals surface area contributed by atoms with Crippen molar-refractivity contribution in [3.63, 3.8) is 0 Å². The molecule has 25 heavy (non-hydrogen) atoms. The summed E-state index contributed by atoms with van der Waals surface area (Å²) in [6, 6.07) is 4.58. The lowest BCUT2D eigenvalue weighted by Gasteiger charge is -2.08. The van der Waals surface area contributed by atoms with Crippen molar-refractivity contribution < 1.29 is 23.2 Å². The lowest BCUT2D eigenvalue weighted by molar-refractivity contribution is -0.384. The van der Waals surface area contributed by atoms with Crippen LogP contribution in [0.3, 0.4) is 0 Å². The Morgan fingerprint density at radius 1 is 1.24 bits per heavy atom. The maximum atomic E-state index is 12.6. The molecular formula is C14H8Cl2F3N3O3. The summed E-state index contributed by atoms with van der Waals surface area (Å²) in [5.41, 5.74) is 0.135. The Morgan fingerprint density at radius 2 is 1.92 bits per heavy atom. The fourth-order valence-electron chi connectivity index (χ4n) is 1.81. The van der Waals surface area contributed by atoms with Crippen molar-refractivity contribution in [1.29, 1.82) is 0 Å². The van der Waals surface area contributed by atoms with E-state index in [4.69, 9.17) is 23.2 Å². The third kappa shape index (κ3) is 4.52. The minimum Gasteiger partial charge on any atom is -0.506 e. The summed E-state index contributed by atoms with van der Waals surface area (Å²) in [5, 5.41) is 24.5. The van der Waals surface area contributed by atoms with Gasteiger partial charge in [0.2, 0.25) is 0 Å². The van der Waals surface area contributed by atoms with Gasteiger partial charge in [-0.05, 0) is 24.3 Å². The van der Waals surface area contributed by atoms with E-state index in [1.54, 1.807) is 0 Å². The third-order valence-corrected chi connectivity index (χ3v) is 3.47. The molecule has 0 unspecified atom stereocenters. The third-order valence-electron chi connectivity index (χ3n) is 2.97. The predicted molar refractivity (Wildman–Crippen MR) is 87.4 cm³/mol. The Labute approximate surface area is 148 Å². The van der Waals surface area contributed by atoms with Crippen LogP contribution in [0.1, 0.15) is 11.1 Å². The number of rotatable bonds is 4. The summed E-state index contributed by atoms with van der Waals surface area (Å²) < 4.78 is 37.9. The SMILES string of the molecule is O=[N+]([O-])c1cc(C(F)(F)F)ccc1N/N=C\c1cc(Cl)cc(Cl)c1O. The summed E-state index contributed by atoms with van der Waals surface area (Å²) in [4.78, 5) is 9.98. The summed E-state index contributed by atoms with van der Waals surface area (Å²) in [7, 11) is 0. The van der Waals surface area contributed by atoms with Gasteiger partial charge in [-0.1, -0.05) is 23.2 Å². The van der Waals surface area contributed by atoms with Gasteiger partial charge in [-0.15, -0.1) is 0 Å². The summed E-state index contributed by atoms with van der Waals surface area (Å²) in [6.07, 6.45) is -3.65. The second kappa shape index (κ2) is 7.16. The van der Waals surface area contributed by atoms with Gasteiger partial charge in [0, 0.05) is 16.7 Å². The Morgan fingerprint density at radius 3 is 2.52 bits per heavy atom. The number of hydrogen-bond donors (Lipinski definition) is 2. The van der Waals surface area contributed by atoms with Crippen molar-refractivity contribution >= 4 is 40.8 Å². The first-order chi connectivity index (χ1) is 11.6. The molecular weight excluding hydrogens is 386 g/mol. The Balaban J connectivity index is 2.30. The smallest absolute Gasteiger partial charge is 0.416 e. The molecule has 6 nitrogen and oxygen atoms in total. The number of alkyl halides is 3. The number of nitrogens with zero attached hydrogens (tertiary/aromatic N) is 2. The van der Waals surface area contributed by atoms with E-state index in [0.29, 0.717) is 12.1 Å². The average molecular weight is 394 g/mol. The van der Waals surface area contributed by atoms with Crippen LogP contribution in [-0.2, 0) is 6.18 Å². The monoisotopic (exact) mass is 393 g/mol. The van der Waals surface area contributed by atoms with Gasteiger partial charge < -0.3 is 5.11 Å². The Bertz CT molecular complexity index is 857. The number of phenolic OH excluding ortho intramolecular Hbond substituents is 1. The molecule has 0 fully saturated rings. The first-order valence-electron chi connectivity index (χ1n) is 6.42. The van der Waals surface area contributed by atoms with E-state index >= 15 is 0 Å². The fourth-order valence-corrected chi connectivity index (χ4v) is 2.32. The number of nitrogens with one attached hydrogen (secondary N) is 1. The van der Waals surface area contributed by atoms with Crippen LogP contribution < -0.4 is 5.43 Å². The normalized spacial score (nSPS) is 11.7. The van der Waals surface area contributed by atoms with Crippen LogP contribution in [0.5, 0.6) is 5.75 Å². The molecule has 0 spiro atoms. The standard InChI is InChI=1S/C14H8Cl2F3N3O3/c15-9-3-7(13(23)10(16)5-9)6-20-21-11-2-1-8(14(17,18)19)4-12(11)22(24)25/h1-6,21,23H/b20-6-. The molecule has 0 aliphatic heterocycles. The Hall–Kier alpha value is -2.52. The first-order valence-corrected chi connectivity index (χ1v) is 7.18. The highest BCUT2D eigenvalue weighted by atomic mass is 35.5. The van der Waals surface area contributed by atoms with Gasteiger partial charge in [-0.2, -0.15) is 18.3 Å². The molecule has 0 saturated carbocycles. The molecule has 2 aromatic rings. The number of hydrogen-bond acceptors (Lipinski definition) is 5. The van der Waals surface area contributed by atoms with Gasteiger partial charge in [-0.25, -0.2) is 0 Å². The van der Waals surface area contributed by atoms with Gasteiger partial charge in [0.05, 0.1) is 21.7 Å². The van der Waals surface area contributed by atoms with Gasteiger partial charge in [-0.3, -0.25) is 15.5 Å². The number of aromatic hydroxyl groups is 1. The van der Waals surface area contributed by atoms with E-state index in [9.17, 15) is 28.4 Å². The van der Waals surface area contributed by atoms with Crippen LogP contribution in [0.15, 0.2) is 35.4 Å². The highest BCUT2D eigenvalue weighted by Gasteiger charge is 2.33. The van der Waals surface area contributed by atoms with Crippen molar-refractivity contribution in [2.24, 2.45) is 5.10 Å². The van der Waals surface area contributed by atoms with Crippen LogP contribution in [-0.4, -0.2) is 16.2 Å². The zero-order chi connectivity index (χ0) is 18.8. The van der Waals surface area contributed by atoms with E-state index < -0.39 is 22.4 Å². The molecule has 2 aromatic carbocycles. The molecule has 0 bridgehead atoms. The van der Waals surface area contributed by atoms with Crippen LogP contribution in [0.2, 0.25) is 10.0 Å². The van der Waals surface area contributed by atoms with Crippen LogP contribution >= 0.6 is 23.2 Å². The predicted octanol–water partition coefficient (Wildman–Crippen LogP) is 5.07. The van der Waals surface area contributed by atoms with Crippen LogP contribution in [0.4, 0.5) is 24.5 Å². The van der Waals surface area contributed by atoms with E-state index in [1.165, 1.54) is 12.1 Å². The van der Waals surface area contributed by atoms with Crippen LogP contribution in [0.25, 0.3) is 0 Å². The molecule has 0 aromatic heterocycles. The first kappa shape index (κ1) is 18.8. The number of anilines is 1. The van der Waals surface area contributed by atoms with Crippen molar-refractivity contribution in [3.8, 4) is 5.75 Å². The molecule has 0 atom stereocenters. The molecule has 11 heteroatoms. The lowest BCUT2D eigenvalue weighted by Crippen LogP contribution is -2.06. The van der Waals surface area contributed by atoms with Crippen molar-refractivity contribution in [2.75, 3.05) is 5.43 Å². The molecule has 0 saturated heterocycles. The molecule has 2 rings (SSSR count). The number of nitro groups is 1. The van der Waals surface area contributed by atoms with Gasteiger partial charge >= 0.3 is 6.18 Å². The molecule has 0 radical (unpaired) electrons. The largest absolute Gasteiger partial charge is 0.506 e. The highest BCUT2D eigenvalue weighted by Crippen LogP contribution is 2.35. The zero-order valence-corrected chi connectivity index (χ0v) is 13.5. The number of halogens is 5. The topological polar surface area (TPSA) is 87.8 Å². The average Bonchev–Trinajstić information content (AvgIpc) is 2.50. The molecule has 0 amide bonds. The molecule has 132 valence electrons. The number of hydrazone groups is 1. The Kier molecular flexibility index (Phi) is 5.39. The minimum atomic E-state index is -4.71. The van der Waals surface area contributed by atoms with Crippen molar-refractivity contribution in [2.45, 2.75) is 6.18 Å². The van der Waals surface area contributed by atoms with Gasteiger partial charge in [0.15, 0.2) is 0 Å². The molecule has 0 aliphatic rings. The van der Waals surface area contributed by atoms with E-state index in [1.807, 2.05) is 0 Å². The highest BCUT2D eigenvalue weighted by molar-refractivity contribution is 6.36. The van der Waals surface area contributed by atoms with Crippen molar-refractivity contribution in [1.82, 2.24) is 0 Å². The second-order valence-corrected chi connectivity index (χ2v) is 5.53. The lowest BCUT2D eigenvalue weighted by atomic mass is 10.1. The maximum Gasteiger partial charge on any atom is 0.416 e. The van der Waals surface area contributed by atoms with Gasteiger partial charge in [0.25, 0.3) is 5.69 Å². The summed E-state index contributed by atoms with van der Waals surface area (Å²) in [5.74, 6) is -0.321. The number of nitro benzene ring substituents is 1. The van der Waals surface area contributed by atoms with Crippen molar-refractivity contribution in [3.05, 3.63) is 61.6 Å². The molecule has 2 N–H and O–H groups in total.